The SMILES string of the molecule is Nc1cccc(-c2ncn(Cc3ccc(Cl)c(F)c3)n2)c1. The van der Waals surface area contributed by atoms with E-state index in [4.69, 9.17) is 17.3 Å². The van der Waals surface area contributed by atoms with Gasteiger partial charge in [0.25, 0.3) is 0 Å². The van der Waals surface area contributed by atoms with Crippen molar-refractivity contribution >= 4 is 17.3 Å². The number of anilines is 1. The van der Waals surface area contributed by atoms with Crippen molar-refractivity contribution in [3.8, 4) is 11.4 Å². The summed E-state index contributed by atoms with van der Waals surface area (Å²) in [5, 5.41) is 4.47. The Labute approximate surface area is 126 Å². The summed E-state index contributed by atoms with van der Waals surface area (Å²) in [5.74, 6) is 0.141. The Hall–Kier alpha value is -2.40. The van der Waals surface area contributed by atoms with Crippen molar-refractivity contribution in [3.63, 3.8) is 0 Å². The molecule has 0 radical (unpaired) electrons. The molecule has 0 atom stereocenters. The summed E-state index contributed by atoms with van der Waals surface area (Å²) >= 11 is 5.66. The van der Waals surface area contributed by atoms with E-state index >= 15 is 0 Å². The Kier molecular flexibility index (Phi) is 3.58. The third-order valence-electron chi connectivity index (χ3n) is 3.01. The molecule has 3 aromatic rings. The number of hydrogen-bond acceptors (Lipinski definition) is 3. The highest BCUT2D eigenvalue weighted by Crippen LogP contribution is 2.18. The summed E-state index contributed by atoms with van der Waals surface area (Å²) in [6.45, 7) is 0.420. The zero-order valence-corrected chi connectivity index (χ0v) is 11.8. The van der Waals surface area contributed by atoms with Crippen LogP contribution in [-0.4, -0.2) is 14.8 Å². The highest BCUT2D eigenvalue weighted by molar-refractivity contribution is 6.30. The van der Waals surface area contributed by atoms with Crippen LogP contribution >= 0.6 is 11.6 Å². The molecular weight excluding hydrogens is 291 g/mol. The predicted octanol–water partition coefficient (Wildman–Crippen LogP) is 3.37. The van der Waals surface area contributed by atoms with Crippen molar-refractivity contribution in [2.75, 3.05) is 5.73 Å². The average Bonchev–Trinajstić information content (AvgIpc) is 2.91. The fourth-order valence-corrected chi connectivity index (χ4v) is 2.12. The van der Waals surface area contributed by atoms with Crippen LogP contribution in [0.4, 0.5) is 10.1 Å². The van der Waals surface area contributed by atoms with Crippen molar-refractivity contribution in [1.29, 1.82) is 0 Å². The van der Waals surface area contributed by atoms with E-state index in [2.05, 4.69) is 10.1 Å². The van der Waals surface area contributed by atoms with Crippen LogP contribution in [0.3, 0.4) is 0 Å². The van der Waals surface area contributed by atoms with Crippen LogP contribution in [0.5, 0.6) is 0 Å². The molecule has 0 unspecified atom stereocenters. The van der Waals surface area contributed by atoms with Crippen LogP contribution in [0.15, 0.2) is 48.8 Å². The fraction of sp³-hybridized carbons (Fsp3) is 0.0667. The maximum absolute atomic E-state index is 13.4. The summed E-state index contributed by atoms with van der Waals surface area (Å²) < 4.78 is 15.0. The second-order valence-corrected chi connectivity index (χ2v) is 5.05. The van der Waals surface area contributed by atoms with Gasteiger partial charge in [0.1, 0.15) is 12.1 Å². The molecule has 106 valence electrons. The number of nitrogens with zero attached hydrogens (tertiary/aromatic N) is 3. The van der Waals surface area contributed by atoms with Gasteiger partial charge in [-0.05, 0) is 29.8 Å². The molecule has 1 aromatic heterocycles. The first-order chi connectivity index (χ1) is 10.1. The number of nitrogens with two attached hydrogens (primary N) is 1. The number of benzene rings is 2. The molecule has 0 aliphatic rings. The molecule has 0 spiro atoms. The Morgan fingerprint density at radius 2 is 2.05 bits per heavy atom. The van der Waals surface area contributed by atoms with Crippen LogP contribution in [0, 0.1) is 5.82 Å². The van der Waals surface area contributed by atoms with Crippen LogP contribution in [-0.2, 0) is 6.54 Å². The van der Waals surface area contributed by atoms with Crippen molar-refractivity contribution in [1.82, 2.24) is 14.8 Å². The van der Waals surface area contributed by atoms with E-state index in [1.54, 1.807) is 23.1 Å². The molecule has 21 heavy (non-hydrogen) atoms. The third kappa shape index (κ3) is 3.03. The van der Waals surface area contributed by atoms with E-state index in [1.807, 2.05) is 18.2 Å². The minimum absolute atomic E-state index is 0.109. The lowest BCUT2D eigenvalue weighted by atomic mass is 10.2. The maximum atomic E-state index is 13.4. The van der Waals surface area contributed by atoms with Crippen molar-refractivity contribution in [2.45, 2.75) is 6.54 Å². The first-order valence-electron chi connectivity index (χ1n) is 6.31. The number of halogens is 2. The summed E-state index contributed by atoms with van der Waals surface area (Å²) in [5.41, 5.74) is 8.01. The van der Waals surface area contributed by atoms with E-state index in [-0.39, 0.29) is 5.02 Å². The maximum Gasteiger partial charge on any atom is 0.181 e. The Balaban J connectivity index is 1.83. The topological polar surface area (TPSA) is 56.7 Å². The monoisotopic (exact) mass is 302 g/mol. The summed E-state index contributed by atoms with van der Waals surface area (Å²) in [6, 6.07) is 12.0. The van der Waals surface area contributed by atoms with Gasteiger partial charge in [0.2, 0.25) is 0 Å². The van der Waals surface area contributed by atoms with E-state index in [9.17, 15) is 4.39 Å². The highest BCUT2D eigenvalue weighted by Gasteiger charge is 2.06. The standard InChI is InChI=1S/C15H12ClFN4/c16-13-5-4-10(6-14(13)17)8-21-9-19-15(20-21)11-2-1-3-12(18)7-11/h1-7,9H,8,18H2. The minimum atomic E-state index is -0.440. The number of nitrogen functional groups attached to an aromatic ring is 1. The Morgan fingerprint density at radius 3 is 2.81 bits per heavy atom. The Bertz CT molecular complexity index is 785. The largest absolute Gasteiger partial charge is 0.399 e. The van der Waals surface area contributed by atoms with E-state index in [0.717, 1.165) is 11.1 Å². The predicted molar refractivity (Wildman–Crippen MR) is 80.4 cm³/mol. The molecule has 0 saturated carbocycles. The molecule has 4 nitrogen and oxygen atoms in total. The molecule has 0 fully saturated rings. The first kappa shape index (κ1) is 13.6. The average molecular weight is 303 g/mol. The second kappa shape index (κ2) is 5.54. The molecule has 0 aliphatic heterocycles. The highest BCUT2D eigenvalue weighted by atomic mass is 35.5. The number of hydrogen-bond donors (Lipinski definition) is 1. The molecule has 1 heterocycles. The third-order valence-corrected chi connectivity index (χ3v) is 3.32. The summed E-state index contributed by atoms with van der Waals surface area (Å²) in [6.07, 6.45) is 1.60. The molecule has 3 rings (SSSR count). The van der Waals surface area contributed by atoms with E-state index < -0.39 is 5.82 Å². The normalized spacial score (nSPS) is 10.8. The minimum Gasteiger partial charge on any atom is -0.399 e. The van der Waals surface area contributed by atoms with Crippen molar-refractivity contribution in [2.24, 2.45) is 0 Å². The number of aromatic nitrogens is 3. The molecular formula is C15H12ClFN4. The van der Waals surface area contributed by atoms with Crippen molar-refractivity contribution in [3.05, 3.63) is 65.2 Å². The quantitative estimate of drug-likeness (QED) is 0.755. The van der Waals surface area contributed by atoms with E-state index in [1.165, 1.54) is 12.1 Å². The van der Waals surface area contributed by atoms with Gasteiger partial charge in [0, 0.05) is 11.3 Å². The Morgan fingerprint density at radius 1 is 1.19 bits per heavy atom. The van der Waals surface area contributed by atoms with Gasteiger partial charge in [0.15, 0.2) is 5.82 Å². The van der Waals surface area contributed by atoms with Crippen LogP contribution in [0.25, 0.3) is 11.4 Å². The van der Waals surface area contributed by atoms with Gasteiger partial charge in [-0.25, -0.2) is 14.1 Å². The molecule has 0 bridgehead atoms. The van der Waals surface area contributed by atoms with Gasteiger partial charge in [-0.1, -0.05) is 29.8 Å². The molecule has 2 N–H and O–H groups in total. The van der Waals surface area contributed by atoms with E-state index in [0.29, 0.717) is 18.1 Å². The molecule has 2 aromatic carbocycles. The molecule has 0 aliphatic carbocycles. The van der Waals surface area contributed by atoms with Gasteiger partial charge in [-0.2, -0.15) is 5.10 Å². The zero-order chi connectivity index (χ0) is 14.8. The van der Waals surface area contributed by atoms with Crippen molar-refractivity contribution < 1.29 is 4.39 Å². The molecule has 0 amide bonds. The van der Waals surface area contributed by atoms with Crippen LogP contribution in [0.1, 0.15) is 5.56 Å². The summed E-state index contributed by atoms with van der Waals surface area (Å²) in [4.78, 5) is 4.24. The molecule has 0 saturated heterocycles. The first-order valence-corrected chi connectivity index (χ1v) is 6.69. The zero-order valence-electron chi connectivity index (χ0n) is 11.0. The van der Waals surface area contributed by atoms with Gasteiger partial charge >= 0.3 is 0 Å². The van der Waals surface area contributed by atoms with Gasteiger partial charge in [-0.15, -0.1) is 0 Å². The second-order valence-electron chi connectivity index (χ2n) is 4.64. The van der Waals surface area contributed by atoms with Gasteiger partial charge in [0.05, 0.1) is 11.6 Å². The lowest BCUT2D eigenvalue weighted by Crippen LogP contribution is -2.01. The smallest absolute Gasteiger partial charge is 0.181 e. The summed E-state index contributed by atoms with van der Waals surface area (Å²) in [7, 11) is 0. The lowest BCUT2D eigenvalue weighted by Gasteiger charge is -2.02. The molecule has 6 heteroatoms. The van der Waals surface area contributed by atoms with Crippen LogP contribution in [0.2, 0.25) is 5.02 Å². The van der Waals surface area contributed by atoms with Gasteiger partial charge < -0.3 is 5.73 Å². The lowest BCUT2D eigenvalue weighted by molar-refractivity contribution is 0.619. The van der Waals surface area contributed by atoms with Gasteiger partial charge in [-0.3, -0.25) is 0 Å². The fourth-order valence-electron chi connectivity index (χ4n) is 2.01. The van der Waals surface area contributed by atoms with Crippen LogP contribution < -0.4 is 5.73 Å². The number of rotatable bonds is 3.